The first-order valence-corrected chi connectivity index (χ1v) is 19.0. The first kappa shape index (κ1) is 29.9. The average Bonchev–Trinajstić information content (AvgIpc) is 3.90. The lowest BCUT2D eigenvalue weighted by molar-refractivity contribution is 0.440. The van der Waals surface area contributed by atoms with Gasteiger partial charge in [-0.15, -0.1) is 0 Å². The van der Waals surface area contributed by atoms with Crippen molar-refractivity contribution in [2.24, 2.45) is 0 Å². The van der Waals surface area contributed by atoms with Crippen molar-refractivity contribution in [3.63, 3.8) is 0 Å². The molecule has 0 saturated carbocycles. The van der Waals surface area contributed by atoms with Crippen LogP contribution in [-0.2, 0) is 5.41 Å². The summed E-state index contributed by atoms with van der Waals surface area (Å²) in [5.74, 6) is 2.19. The van der Waals surface area contributed by atoms with Crippen molar-refractivity contribution in [1.82, 2.24) is 14.5 Å². The number of para-hydroxylation sites is 3. The summed E-state index contributed by atoms with van der Waals surface area (Å²) in [6, 6.07) is 62.3. The Morgan fingerprint density at radius 3 is 2.02 bits per heavy atom. The molecule has 8 aromatic carbocycles. The molecule has 1 aliphatic heterocycles. The number of rotatable bonds is 2. The summed E-state index contributed by atoms with van der Waals surface area (Å²) in [6.07, 6.45) is 0. The highest BCUT2D eigenvalue weighted by Gasteiger charge is 2.51. The summed E-state index contributed by atoms with van der Waals surface area (Å²) in [5.41, 5.74) is 12.4. The molecule has 0 fully saturated rings. The van der Waals surface area contributed by atoms with Gasteiger partial charge in [0.25, 0.3) is 0 Å². The Hall–Kier alpha value is -7.50. The molecule has 13 rings (SSSR count). The van der Waals surface area contributed by atoms with Gasteiger partial charge in [0, 0.05) is 32.8 Å². The standard InChI is InChI=1S/C51H29N3O2/c1-2-14-31-29-32(26-25-30(31)13-1)45-49-46(37-18-6-11-23-43(37)55-49)53-50(52-45)54-42-22-10-5-17-35(42)36-27-28-41-48(47(36)54)56-44-24-12-9-21-40(44)51(41)38-19-7-3-15-33(38)34-16-4-8-20-39(34)51/h1-29H. The third kappa shape index (κ3) is 3.74. The maximum absolute atomic E-state index is 7.21. The molecule has 0 N–H and O–H groups in total. The molecule has 1 aliphatic carbocycles. The van der Waals surface area contributed by atoms with E-state index in [4.69, 9.17) is 19.1 Å². The van der Waals surface area contributed by atoms with Crippen molar-refractivity contribution in [2.75, 3.05) is 0 Å². The molecule has 56 heavy (non-hydrogen) atoms. The molecular formula is C51H29N3O2. The minimum absolute atomic E-state index is 0.551. The number of fused-ring (bicyclic) bond motifs is 17. The highest BCUT2D eigenvalue weighted by Crippen LogP contribution is 2.63. The van der Waals surface area contributed by atoms with Gasteiger partial charge in [-0.2, -0.15) is 0 Å². The van der Waals surface area contributed by atoms with E-state index in [1.165, 1.54) is 27.6 Å². The fourth-order valence-corrected chi connectivity index (χ4v) is 9.78. The van der Waals surface area contributed by atoms with Crippen LogP contribution in [0.1, 0.15) is 22.3 Å². The van der Waals surface area contributed by atoms with Crippen LogP contribution >= 0.6 is 0 Å². The number of aromatic nitrogens is 3. The van der Waals surface area contributed by atoms with Gasteiger partial charge in [-0.05, 0) is 63.4 Å². The van der Waals surface area contributed by atoms with Crippen LogP contribution in [0.15, 0.2) is 180 Å². The number of ether oxygens (including phenoxy) is 1. The van der Waals surface area contributed by atoms with Gasteiger partial charge in [0.1, 0.15) is 28.1 Å². The predicted octanol–water partition coefficient (Wildman–Crippen LogP) is 12.8. The van der Waals surface area contributed by atoms with Gasteiger partial charge in [0.15, 0.2) is 11.3 Å². The fraction of sp³-hybridized carbons (Fsp3) is 0.0196. The van der Waals surface area contributed by atoms with Gasteiger partial charge < -0.3 is 9.15 Å². The third-order valence-corrected chi connectivity index (χ3v) is 12.1. The zero-order valence-corrected chi connectivity index (χ0v) is 29.9. The molecule has 0 amide bonds. The van der Waals surface area contributed by atoms with Crippen LogP contribution in [0, 0.1) is 0 Å². The quantitative estimate of drug-likeness (QED) is 0.179. The average molecular weight is 716 g/mol. The van der Waals surface area contributed by atoms with Crippen molar-refractivity contribution in [3.05, 3.63) is 198 Å². The van der Waals surface area contributed by atoms with Gasteiger partial charge >= 0.3 is 0 Å². The van der Waals surface area contributed by atoms with Crippen LogP contribution in [0.4, 0.5) is 0 Å². The van der Waals surface area contributed by atoms with Crippen LogP contribution < -0.4 is 4.74 Å². The fourth-order valence-electron chi connectivity index (χ4n) is 9.78. The first-order chi connectivity index (χ1) is 27.8. The largest absolute Gasteiger partial charge is 0.454 e. The number of nitrogens with zero attached hydrogens (tertiary/aromatic N) is 3. The van der Waals surface area contributed by atoms with E-state index < -0.39 is 5.41 Å². The molecule has 1 spiro atoms. The molecule has 0 atom stereocenters. The number of hydrogen-bond donors (Lipinski definition) is 0. The Bertz CT molecular complexity index is 3440. The molecule has 2 aliphatic rings. The normalized spacial score (nSPS) is 13.6. The van der Waals surface area contributed by atoms with Crippen molar-refractivity contribution < 1.29 is 9.15 Å². The van der Waals surface area contributed by atoms with Crippen LogP contribution in [0.5, 0.6) is 11.5 Å². The van der Waals surface area contributed by atoms with Crippen molar-refractivity contribution in [1.29, 1.82) is 0 Å². The van der Waals surface area contributed by atoms with Gasteiger partial charge in [0.2, 0.25) is 5.95 Å². The Morgan fingerprint density at radius 2 is 1.18 bits per heavy atom. The lowest BCUT2D eigenvalue weighted by atomic mass is 9.66. The predicted molar refractivity (Wildman–Crippen MR) is 224 cm³/mol. The topological polar surface area (TPSA) is 53.1 Å². The first-order valence-electron chi connectivity index (χ1n) is 19.0. The number of benzene rings is 8. The summed E-state index contributed by atoms with van der Waals surface area (Å²) < 4.78 is 16.0. The number of furan rings is 1. The number of hydrogen-bond acceptors (Lipinski definition) is 4. The Morgan fingerprint density at radius 1 is 0.500 bits per heavy atom. The maximum atomic E-state index is 7.21. The van der Waals surface area contributed by atoms with Gasteiger partial charge in [-0.1, -0.05) is 146 Å². The van der Waals surface area contributed by atoms with E-state index in [9.17, 15) is 0 Å². The minimum atomic E-state index is -0.603. The zero-order valence-electron chi connectivity index (χ0n) is 29.9. The molecule has 260 valence electrons. The van der Waals surface area contributed by atoms with Crippen LogP contribution in [0.25, 0.3) is 83.0 Å². The Kier molecular flexibility index (Phi) is 5.77. The summed E-state index contributed by atoms with van der Waals surface area (Å²) in [7, 11) is 0. The molecule has 0 unspecified atom stereocenters. The SMILES string of the molecule is c1ccc2c(c1)Oc1c(ccc3c4ccccc4n(-c4nc(-c5ccc6ccccc6c5)c5oc6ccccc6c5n4)c13)C21c2ccccc2-c2ccccc21. The Balaban J connectivity index is 1.18. The second-order valence-corrected chi connectivity index (χ2v) is 14.8. The van der Waals surface area contributed by atoms with Gasteiger partial charge in [0.05, 0.1) is 10.9 Å². The highest BCUT2D eigenvalue weighted by molar-refractivity contribution is 6.13. The van der Waals surface area contributed by atoms with E-state index in [2.05, 4.69) is 162 Å². The van der Waals surface area contributed by atoms with E-state index in [-0.39, 0.29) is 0 Å². The van der Waals surface area contributed by atoms with Crippen molar-refractivity contribution in [3.8, 4) is 39.8 Å². The zero-order chi connectivity index (χ0) is 36.5. The molecule has 0 bridgehead atoms. The smallest absolute Gasteiger partial charge is 0.236 e. The lowest BCUT2D eigenvalue weighted by Gasteiger charge is -2.39. The van der Waals surface area contributed by atoms with E-state index in [0.29, 0.717) is 11.5 Å². The summed E-state index contributed by atoms with van der Waals surface area (Å²) in [4.78, 5) is 10.9. The summed E-state index contributed by atoms with van der Waals surface area (Å²) in [6.45, 7) is 0. The van der Waals surface area contributed by atoms with Crippen LogP contribution in [0.2, 0.25) is 0 Å². The van der Waals surface area contributed by atoms with Gasteiger partial charge in [-0.25, -0.2) is 9.97 Å². The van der Waals surface area contributed by atoms with E-state index in [1.54, 1.807) is 0 Å². The molecule has 5 nitrogen and oxygen atoms in total. The molecule has 3 aromatic heterocycles. The summed E-state index contributed by atoms with van der Waals surface area (Å²) in [5, 5.41) is 5.42. The van der Waals surface area contributed by atoms with E-state index in [1.807, 2.05) is 18.2 Å². The van der Waals surface area contributed by atoms with Crippen LogP contribution in [-0.4, -0.2) is 14.5 Å². The Labute approximate surface area is 320 Å². The van der Waals surface area contributed by atoms with Crippen molar-refractivity contribution in [2.45, 2.75) is 5.41 Å². The second kappa shape index (κ2) is 10.8. The van der Waals surface area contributed by atoms with Gasteiger partial charge in [-0.3, -0.25) is 4.57 Å². The molecule has 4 heterocycles. The van der Waals surface area contributed by atoms with E-state index >= 15 is 0 Å². The molecular weight excluding hydrogens is 687 g/mol. The van der Waals surface area contributed by atoms with E-state index in [0.717, 1.165) is 77.6 Å². The monoisotopic (exact) mass is 715 g/mol. The summed E-state index contributed by atoms with van der Waals surface area (Å²) >= 11 is 0. The lowest BCUT2D eigenvalue weighted by Crippen LogP contribution is -2.32. The minimum Gasteiger partial charge on any atom is -0.454 e. The van der Waals surface area contributed by atoms with Crippen molar-refractivity contribution >= 4 is 54.6 Å². The molecule has 11 aromatic rings. The maximum Gasteiger partial charge on any atom is 0.236 e. The molecule has 5 heteroatoms. The molecule has 0 radical (unpaired) electrons. The third-order valence-electron chi connectivity index (χ3n) is 12.1. The molecule has 0 saturated heterocycles. The highest BCUT2D eigenvalue weighted by atomic mass is 16.5. The second-order valence-electron chi connectivity index (χ2n) is 14.8. The van der Waals surface area contributed by atoms with Crippen LogP contribution in [0.3, 0.4) is 0 Å².